The van der Waals surface area contributed by atoms with E-state index in [0.29, 0.717) is 6.54 Å². The number of rotatable bonds is 5. The van der Waals surface area contributed by atoms with Gasteiger partial charge in [-0.05, 0) is 30.8 Å². The molecule has 2 aliphatic rings. The highest BCUT2D eigenvalue weighted by Crippen LogP contribution is 2.36. The first-order valence-corrected chi connectivity index (χ1v) is 10.7. The molecule has 2 aromatic rings. The summed E-state index contributed by atoms with van der Waals surface area (Å²) in [4.78, 5) is 34.7. The molecule has 0 radical (unpaired) electrons. The molecule has 1 fully saturated rings. The molecule has 1 aromatic carbocycles. The van der Waals surface area contributed by atoms with E-state index >= 15 is 0 Å². The second kappa shape index (κ2) is 8.84. The lowest BCUT2D eigenvalue weighted by Gasteiger charge is -2.33. The molecular weight excluding hydrogens is 386 g/mol. The SMILES string of the molecule is CN1CCN(c2ccc(CNC(=O)C[C@@H]3Sc4ccccc4NC3=O)cn2)CC1. The van der Waals surface area contributed by atoms with Crippen molar-refractivity contribution in [3.63, 3.8) is 0 Å². The van der Waals surface area contributed by atoms with Crippen molar-refractivity contribution in [3.05, 3.63) is 48.2 Å². The lowest BCUT2D eigenvalue weighted by Crippen LogP contribution is -2.44. The number of hydrogen-bond acceptors (Lipinski definition) is 6. The van der Waals surface area contributed by atoms with Gasteiger partial charge in [0.25, 0.3) is 0 Å². The number of fused-ring (bicyclic) bond motifs is 1. The van der Waals surface area contributed by atoms with Crippen molar-refractivity contribution in [2.75, 3.05) is 43.4 Å². The van der Waals surface area contributed by atoms with Crippen LogP contribution in [0.25, 0.3) is 0 Å². The molecule has 0 unspecified atom stereocenters. The molecule has 1 saturated heterocycles. The van der Waals surface area contributed by atoms with Gasteiger partial charge >= 0.3 is 0 Å². The summed E-state index contributed by atoms with van der Waals surface area (Å²) in [6.07, 6.45) is 1.96. The second-order valence-corrected chi connectivity index (χ2v) is 8.63. The van der Waals surface area contributed by atoms with Crippen LogP contribution < -0.4 is 15.5 Å². The van der Waals surface area contributed by atoms with Gasteiger partial charge in [-0.25, -0.2) is 4.98 Å². The summed E-state index contributed by atoms with van der Waals surface area (Å²) in [7, 11) is 2.13. The van der Waals surface area contributed by atoms with Gasteiger partial charge in [-0.1, -0.05) is 18.2 Å². The number of carbonyl (C=O) groups is 2. The molecule has 152 valence electrons. The monoisotopic (exact) mass is 411 g/mol. The number of aromatic nitrogens is 1. The van der Waals surface area contributed by atoms with Gasteiger partial charge < -0.3 is 20.4 Å². The summed E-state index contributed by atoms with van der Waals surface area (Å²) in [5, 5.41) is 5.36. The number of benzene rings is 1. The molecule has 1 atom stereocenters. The Morgan fingerprint density at radius 1 is 1.21 bits per heavy atom. The lowest BCUT2D eigenvalue weighted by molar-refractivity contribution is -0.124. The first-order chi connectivity index (χ1) is 14.1. The highest BCUT2D eigenvalue weighted by atomic mass is 32.2. The molecule has 0 aliphatic carbocycles. The highest BCUT2D eigenvalue weighted by Gasteiger charge is 2.28. The van der Waals surface area contributed by atoms with Crippen LogP contribution in [0.1, 0.15) is 12.0 Å². The Labute approximate surface area is 174 Å². The van der Waals surface area contributed by atoms with Crippen molar-refractivity contribution in [2.24, 2.45) is 0 Å². The van der Waals surface area contributed by atoms with Crippen molar-refractivity contribution in [1.82, 2.24) is 15.2 Å². The third kappa shape index (κ3) is 4.89. The Balaban J connectivity index is 1.27. The minimum Gasteiger partial charge on any atom is -0.354 e. The predicted molar refractivity (Wildman–Crippen MR) is 115 cm³/mol. The Kier molecular flexibility index (Phi) is 6.01. The lowest BCUT2D eigenvalue weighted by atomic mass is 10.2. The molecule has 0 bridgehead atoms. The number of nitrogens with one attached hydrogen (secondary N) is 2. The van der Waals surface area contributed by atoms with Crippen molar-refractivity contribution < 1.29 is 9.59 Å². The Morgan fingerprint density at radius 3 is 2.76 bits per heavy atom. The fourth-order valence-electron chi connectivity index (χ4n) is 3.41. The Morgan fingerprint density at radius 2 is 2.00 bits per heavy atom. The second-order valence-electron chi connectivity index (χ2n) is 7.39. The molecule has 0 saturated carbocycles. The molecule has 2 amide bonds. The van der Waals surface area contributed by atoms with Crippen LogP contribution in [-0.4, -0.2) is 60.2 Å². The van der Waals surface area contributed by atoms with Crippen LogP contribution in [-0.2, 0) is 16.1 Å². The van der Waals surface area contributed by atoms with Gasteiger partial charge in [-0.15, -0.1) is 11.8 Å². The number of nitrogens with zero attached hydrogens (tertiary/aromatic N) is 3. The summed E-state index contributed by atoms with van der Waals surface area (Å²) in [6, 6.07) is 11.6. The van der Waals surface area contributed by atoms with Gasteiger partial charge in [0.15, 0.2) is 0 Å². The summed E-state index contributed by atoms with van der Waals surface area (Å²) >= 11 is 1.44. The molecular formula is C21H25N5O2S. The number of amides is 2. The van der Waals surface area contributed by atoms with E-state index in [1.807, 2.05) is 42.6 Å². The summed E-state index contributed by atoms with van der Waals surface area (Å²) in [5.74, 6) is 0.712. The zero-order valence-corrected chi connectivity index (χ0v) is 17.2. The molecule has 2 N–H and O–H groups in total. The normalized spacial score (nSPS) is 19.4. The van der Waals surface area contributed by atoms with Gasteiger partial charge in [-0.2, -0.15) is 0 Å². The van der Waals surface area contributed by atoms with Crippen LogP contribution in [0.2, 0.25) is 0 Å². The van der Waals surface area contributed by atoms with E-state index in [4.69, 9.17) is 0 Å². The van der Waals surface area contributed by atoms with Crippen LogP contribution in [0.15, 0.2) is 47.5 Å². The molecule has 4 rings (SSSR count). The quantitative estimate of drug-likeness (QED) is 0.783. The predicted octanol–water partition coefficient (Wildman–Crippen LogP) is 1.95. The van der Waals surface area contributed by atoms with Gasteiger partial charge in [0.05, 0.1) is 10.9 Å². The number of thioether (sulfide) groups is 1. The first kappa shape index (κ1) is 19.7. The van der Waals surface area contributed by atoms with E-state index in [-0.39, 0.29) is 18.2 Å². The number of anilines is 2. The fraction of sp³-hybridized carbons (Fsp3) is 0.381. The topological polar surface area (TPSA) is 77.6 Å². The number of hydrogen-bond donors (Lipinski definition) is 2. The fourth-order valence-corrected chi connectivity index (χ4v) is 4.52. The highest BCUT2D eigenvalue weighted by molar-refractivity contribution is 8.01. The van der Waals surface area contributed by atoms with E-state index in [0.717, 1.165) is 48.1 Å². The maximum absolute atomic E-state index is 12.3. The standard InChI is InChI=1S/C21H25N5O2S/c1-25-8-10-26(11-9-25)19-7-6-15(13-22-19)14-23-20(27)12-18-21(28)24-16-4-2-3-5-17(16)29-18/h2-7,13,18H,8-12,14H2,1H3,(H,23,27)(H,24,28)/t18-/m0/s1. The van der Waals surface area contributed by atoms with Crippen LogP contribution in [0.3, 0.4) is 0 Å². The molecule has 8 heteroatoms. The number of carbonyl (C=O) groups excluding carboxylic acids is 2. The molecule has 1 aromatic heterocycles. The first-order valence-electron chi connectivity index (χ1n) is 9.80. The average molecular weight is 412 g/mol. The van der Waals surface area contributed by atoms with E-state index in [1.54, 1.807) is 0 Å². The molecule has 3 heterocycles. The van der Waals surface area contributed by atoms with Gasteiger partial charge in [0.2, 0.25) is 11.8 Å². The Bertz CT molecular complexity index is 881. The summed E-state index contributed by atoms with van der Waals surface area (Å²) < 4.78 is 0. The third-order valence-corrected chi connectivity index (χ3v) is 6.48. The van der Waals surface area contributed by atoms with Gasteiger partial charge in [-0.3, -0.25) is 9.59 Å². The van der Waals surface area contributed by atoms with Crippen molar-refractivity contribution in [3.8, 4) is 0 Å². The number of piperazine rings is 1. The van der Waals surface area contributed by atoms with Crippen molar-refractivity contribution in [1.29, 1.82) is 0 Å². The zero-order valence-electron chi connectivity index (χ0n) is 16.4. The van der Waals surface area contributed by atoms with Gasteiger partial charge in [0.1, 0.15) is 5.82 Å². The van der Waals surface area contributed by atoms with Crippen LogP contribution in [0.4, 0.5) is 11.5 Å². The Hall–Kier alpha value is -2.58. The summed E-state index contributed by atoms with van der Waals surface area (Å²) in [5.41, 5.74) is 1.76. The zero-order chi connectivity index (χ0) is 20.2. The number of pyridine rings is 1. The van der Waals surface area contributed by atoms with Gasteiger partial charge in [0, 0.05) is 50.2 Å². The van der Waals surface area contributed by atoms with E-state index in [9.17, 15) is 9.59 Å². The third-order valence-electron chi connectivity index (χ3n) is 5.20. The van der Waals surface area contributed by atoms with Crippen molar-refractivity contribution >= 4 is 35.1 Å². The van der Waals surface area contributed by atoms with Crippen LogP contribution in [0.5, 0.6) is 0 Å². The largest absolute Gasteiger partial charge is 0.354 e. The van der Waals surface area contributed by atoms with Crippen LogP contribution in [0, 0.1) is 0 Å². The minimum atomic E-state index is -0.414. The van der Waals surface area contributed by atoms with E-state index in [1.165, 1.54) is 11.8 Å². The van der Waals surface area contributed by atoms with E-state index in [2.05, 4.69) is 32.5 Å². The summed E-state index contributed by atoms with van der Waals surface area (Å²) in [6.45, 7) is 4.44. The number of para-hydroxylation sites is 1. The molecule has 29 heavy (non-hydrogen) atoms. The molecule has 7 nitrogen and oxygen atoms in total. The molecule has 0 spiro atoms. The maximum atomic E-state index is 12.3. The molecule has 2 aliphatic heterocycles. The maximum Gasteiger partial charge on any atom is 0.238 e. The minimum absolute atomic E-state index is 0.123. The van der Waals surface area contributed by atoms with Crippen LogP contribution >= 0.6 is 11.8 Å². The van der Waals surface area contributed by atoms with E-state index < -0.39 is 5.25 Å². The average Bonchev–Trinajstić information content (AvgIpc) is 2.74. The van der Waals surface area contributed by atoms with Crippen molar-refractivity contribution in [2.45, 2.75) is 23.1 Å². The number of likely N-dealkylation sites (N-methyl/N-ethyl adjacent to an activating group) is 1. The smallest absolute Gasteiger partial charge is 0.238 e.